The number of rotatable bonds is 7. The first-order valence-electron chi connectivity index (χ1n) is 6.34. The molecule has 0 aliphatic heterocycles. The van der Waals surface area contributed by atoms with Crippen LogP contribution >= 0.6 is 11.3 Å². The van der Waals surface area contributed by atoms with Gasteiger partial charge < -0.3 is 10.1 Å². The Morgan fingerprint density at radius 1 is 1.17 bits per heavy atom. The molecule has 0 radical (unpaired) electrons. The molecule has 0 unspecified atom stereocenters. The Morgan fingerprint density at radius 2 is 2.06 bits per heavy atom. The molecular formula is C15H19NOS. The van der Waals surface area contributed by atoms with Crippen LogP contribution in [0.5, 0.6) is 5.75 Å². The maximum absolute atomic E-state index is 5.87. The van der Waals surface area contributed by atoms with Crippen LogP contribution < -0.4 is 10.1 Å². The molecule has 1 aromatic heterocycles. The van der Waals surface area contributed by atoms with E-state index in [1.54, 1.807) is 11.3 Å². The highest BCUT2D eigenvalue weighted by molar-refractivity contribution is 7.09. The lowest BCUT2D eigenvalue weighted by Crippen LogP contribution is -2.13. The van der Waals surface area contributed by atoms with E-state index in [1.165, 1.54) is 10.4 Å². The second kappa shape index (κ2) is 7.19. The van der Waals surface area contributed by atoms with Crippen LogP contribution in [0.15, 0.2) is 41.8 Å². The Balaban J connectivity index is 1.87. The topological polar surface area (TPSA) is 21.3 Å². The second-order valence-electron chi connectivity index (χ2n) is 4.07. The van der Waals surface area contributed by atoms with Gasteiger partial charge in [0.05, 0.1) is 6.61 Å². The Kier molecular flexibility index (Phi) is 5.24. The van der Waals surface area contributed by atoms with Crippen molar-refractivity contribution in [3.8, 4) is 5.75 Å². The summed E-state index contributed by atoms with van der Waals surface area (Å²) in [4.78, 5) is 1.37. The Morgan fingerprint density at radius 3 is 2.83 bits per heavy atom. The molecule has 0 atom stereocenters. The van der Waals surface area contributed by atoms with Crippen LogP contribution in [-0.4, -0.2) is 13.2 Å². The molecule has 2 nitrogen and oxygen atoms in total. The first-order valence-corrected chi connectivity index (χ1v) is 7.22. The normalized spacial score (nSPS) is 10.5. The molecule has 2 aromatic rings. The number of nitrogens with one attached hydrogen (secondary N) is 1. The van der Waals surface area contributed by atoms with Gasteiger partial charge in [0.2, 0.25) is 0 Å². The van der Waals surface area contributed by atoms with Crippen molar-refractivity contribution < 1.29 is 4.74 Å². The molecule has 0 saturated carbocycles. The van der Waals surface area contributed by atoms with Gasteiger partial charge in [0.15, 0.2) is 0 Å². The minimum absolute atomic E-state index is 0.740. The Hall–Kier alpha value is -1.32. The van der Waals surface area contributed by atoms with Gasteiger partial charge in [0, 0.05) is 23.4 Å². The van der Waals surface area contributed by atoms with Crippen LogP contribution in [0.1, 0.15) is 17.4 Å². The zero-order valence-corrected chi connectivity index (χ0v) is 11.5. The number of hydrogen-bond acceptors (Lipinski definition) is 3. The van der Waals surface area contributed by atoms with E-state index in [2.05, 4.69) is 41.9 Å². The van der Waals surface area contributed by atoms with E-state index >= 15 is 0 Å². The van der Waals surface area contributed by atoms with Gasteiger partial charge in [0.1, 0.15) is 5.75 Å². The fraction of sp³-hybridized carbons (Fsp3) is 0.333. The summed E-state index contributed by atoms with van der Waals surface area (Å²) in [5.41, 5.74) is 1.23. The van der Waals surface area contributed by atoms with E-state index in [9.17, 15) is 0 Å². The summed E-state index contributed by atoms with van der Waals surface area (Å²) in [6.45, 7) is 4.69. The van der Waals surface area contributed by atoms with E-state index in [-0.39, 0.29) is 0 Å². The standard InChI is InChI=1S/C15H19NOS/c1-2-16-12-13-6-3-4-8-15(13)17-10-9-14-7-5-11-18-14/h3-8,11,16H,2,9-10,12H2,1H3. The van der Waals surface area contributed by atoms with Crippen molar-refractivity contribution in [3.63, 3.8) is 0 Å². The average molecular weight is 261 g/mol. The fourth-order valence-electron chi connectivity index (χ4n) is 1.77. The van der Waals surface area contributed by atoms with Crippen LogP contribution in [0.3, 0.4) is 0 Å². The highest BCUT2D eigenvalue weighted by Gasteiger charge is 2.02. The molecule has 0 amide bonds. The fourth-order valence-corrected chi connectivity index (χ4v) is 2.46. The van der Waals surface area contributed by atoms with Crippen molar-refractivity contribution in [1.82, 2.24) is 5.32 Å². The Labute approximate surface area is 113 Å². The van der Waals surface area contributed by atoms with E-state index < -0.39 is 0 Å². The van der Waals surface area contributed by atoms with Crippen molar-refractivity contribution in [2.24, 2.45) is 0 Å². The predicted octanol–water partition coefficient (Wildman–Crippen LogP) is 3.48. The molecular weight excluding hydrogens is 242 g/mol. The van der Waals surface area contributed by atoms with E-state index in [4.69, 9.17) is 4.74 Å². The third-order valence-electron chi connectivity index (χ3n) is 2.72. The summed E-state index contributed by atoms with van der Waals surface area (Å²) in [6.07, 6.45) is 0.979. The molecule has 0 bridgehead atoms. The maximum atomic E-state index is 5.87. The lowest BCUT2D eigenvalue weighted by molar-refractivity contribution is 0.319. The summed E-state index contributed by atoms with van der Waals surface area (Å²) < 4.78 is 5.87. The van der Waals surface area contributed by atoms with Crippen molar-refractivity contribution in [2.45, 2.75) is 19.9 Å². The number of para-hydroxylation sites is 1. The van der Waals surface area contributed by atoms with Crippen LogP contribution in [0.2, 0.25) is 0 Å². The summed E-state index contributed by atoms with van der Waals surface area (Å²) in [7, 11) is 0. The molecule has 0 aliphatic rings. The monoisotopic (exact) mass is 261 g/mol. The Bertz CT molecular complexity index is 453. The first-order chi connectivity index (χ1) is 8.90. The lowest BCUT2D eigenvalue weighted by atomic mass is 10.2. The molecule has 18 heavy (non-hydrogen) atoms. The molecule has 1 aromatic carbocycles. The van der Waals surface area contributed by atoms with Crippen molar-refractivity contribution in [2.75, 3.05) is 13.2 Å². The summed E-state index contributed by atoms with van der Waals surface area (Å²) in [5.74, 6) is 0.995. The van der Waals surface area contributed by atoms with E-state index in [0.717, 1.165) is 31.9 Å². The zero-order valence-electron chi connectivity index (χ0n) is 10.7. The van der Waals surface area contributed by atoms with Gasteiger partial charge in [-0.15, -0.1) is 11.3 Å². The molecule has 0 spiro atoms. The van der Waals surface area contributed by atoms with Crippen molar-refractivity contribution in [3.05, 3.63) is 52.2 Å². The first kappa shape index (κ1) is 13.1. The highest BCUT2D eigenvalue weighted by atomic mass is 32.1. The minimum atomic E-state index is 0.740. The number of thiophene rings is 1. The molecule has 0 fully saturated rings. The molecule has 96 valence electrons. The third-order valence-corrected chi connectivity index (χ3v) is 3.66. The van der Waals surface area contributed by atoms with Gasteiger partial charge in [-0.1, -0.05) is 31.2 Å². The second-order valence-corrected chi connectivity index (χ2v) is 5.10. The van der Waals surface area contributed by atoms with Gasteiger partial charge in [0.25, 0.3) is 0 Å². The van der Waals surface area contributed by atoms with Crippen LogP contribution in [0.25, 0.3) is 0 Å². The van der Waals surface area contributed by atoms with Gasteiger partial charge in [-0.05, 0) is 24.1 Å². The van der Waals surface area contributed by atoms with Crippen LogP contribution in [-0.2, 0) is 13.0 Å². The number of benzene rings is 1. The van der Waals surface area contributed by atoms with E-state index in [1.807, 2.05) is 12.1 Å². The van der Waals surface area contributed by atoms with Gasteiger partial charge in [-0.2, -0.15) is 0 Å². The van der Waals surface area contributed by atoms with Gasteiger partial charge in [-0.25, -0.2) is 0 Å². The molecule has 0 aliphatic carbocycles. The van der Waals surface area contributed by atoms with Gasteiger partial charge >= 0.3 is 0 Å². The maximum Gasteiger partial charge on any atom is 0.123 e. The SMILES string of the molecule is CCNCc1ccccc1OCCc1cccs1. The third kappa shape index (κ3) is 3.86. The summed E-state index contributed by atoms with van der Waals surface area (Å²) in [6, 6.07) is 12.5. The lowest BCUT2D eigenvalue weighted by Gasteiger charge is -2.11. The largest absolute Gasteiger partial charge is 0.493 e. The van der Waals surface area contributed by atoms with Crippen molar-refractivity contribution >= 4 is 11.3 Å². The highest BCUT2D eigenvalue weighted by Crippen LogP contribution is 2.18. The minimum Gasteiger partial charge on any atom is -0.493 e. The molecule has 2 rings (SSSR count). The molecule has 3 heteroatoms. The predicted molar refractivity (Wildman–Crippen MR) is 77.3 cm³/mol. The molecule has 1 N–H and O–H groups in total. The number of ether oxygens (including phenoxy) is 1. The zero-order chi connectivity index (χ0) is 12.6. The summed E-state index contributed by atoms with van der Waals surface area (Å²) in [5, 5.41) is 5.44. The summed E-state index contributed by atoms with van der Waals surface area (Å²) >= 11 is 1.78. The molecule has 1 heterocycles. The van der Waals surface area contributed by atoms with E-state index in [0.29, 0.717) is 0 Å². The smallest absolute Gasteiger partial charge is 0.123 e. The number of hydrogen-bond donors (Lipinski definition) is 1. The average Bonchev–Trinajstić information content (AvgIpc) is 2.91. The van der Waals surface area contributed by atoms with Crippen LogP contribution in [0.4, 0.5) is 0 Å². The van der Waals surface area contributed by atoms with Gasteiger partial charge in [-0.3, -0.25) is 0 Å². The van der Waals surface area contributed by atoms with Crippen LogP contribution in [0, 0.1) is 0 Å². The molecule has 0 saturated heterocycles. The quantitative estimate of drug-likeness (QED) is 0.824. The van der Waals surface area contributed by atoms with Crippen molar-refractivity contribution in [1.29, 1.82) is 0 Å².